The highest BCUT2D eigenvalue weighted by molar-refractivity contribution is 7.85. The van der Waals surface area contributed by atoms with Crippen molar-refractivity contribution in [3.05, 3.63) is 35.4 Å². The molecule has 1 rings (SSSR count). The lowest BCUT2D eigenvalue weighted by molar-refractivity contribution is -0.137. The third-order valence-electron chi connectivity index (χ3n) is 3.08. The van der Waals surface area contributed by atoms with Crippen molar-refractivity contribution in [2.75, 3.05) is 12.3 Å². The van der Waals surface area contributed by atoms with Crippen LogP contribution < -0.4 is 5.32 Å². The van der Waals surface area contributed by atoms with E-state index in [0.717, 1.165) is 12.1 Å². The molecule has 0 aliphatic heterocycles. The molecular formula is C14H20F3NO3S. The lowest BCUT2D eigenvalue weighted by Gasteiger charge is -2.27. The maximum atomic E-state index is 12.7. The Labute approximate surface area is 128 Å². The van der Waals surface area contributed by atoms with Crippen molar-refractivity contribution in [1.82, 2.24) is 5.32 Å². The van der Waals surface area contributed by atoms with Gasteiger partial charge in [0.2, 0.25) is 0 Å². The fourth-order valence-corrected chi connectivity index (χ4v) is 2.62. The number of rotatable bonds is 7. The number of nitrogens with one attached hydrogen (secondary N) is 1. The lowest BCUT2D eigenvalue weighted by Crippen LogP contribution is -2.42. The molecule has 8 heteroatoms. The minimum Gasteiger partial charge on any atom is -0.311 e. The summed E-state index contributed by atoms with van der Waals surface area (Å²) in [4.78, 5) is 0. The van der Waals surface area contributed by atoms with Crippen molar-refractivity contribution in [3.63, 3.8) is 0 Å². The van der Waals surface area contributed by atoms with E-state index in [1.807, 2.05) is 13.8 Å². The number of benzene rings is 1. The van der Waals surface area contributed by atoms with Crippen LogP contribution in [-0.2, 0) is 22.7 Å². The van der Waals surface area contributed by atoms with Crippen LogP contribution in [0, 0.1) is 0 Å². The zero-order valence-electron chi connectivity index (χ0n) is 12.4. The van der Waals surface area contributed by atoms with E-state index in [1.165, 1.54) is 6.07 Å². The fourth-order valence-electron chi connectivity index (χ4n) is 2.11. The van der Waals surface area contributed by atoms with Crippen molar-refractivity contribution >= 4 is 10.1 Å². The Morgan fingerprint density at radius 3 is 2.41 bits per heavy atom. The summed E-state index contributed by atoms with van der Waals surface area (Å²) < 4.78 is 67.8. The second-order valence-electron chi connectivity index (χ2n) is 5.83. The van der Waals surface area contributed by atoms with Crippen molar-refractivity contribution < 1.29 is 26.1 Å². The molecule has 0 spiro atoms. The molecule has 0 aliphatic carbocycles. The van der Waals surface area contributed by atoms with Crippen molar-refractivity contribution in [3.8, 4) is 0 Å². The van der Waals surface area contributed by atoms with E-state index in [2.05, 4.69) is 5.32 Å². The van der Waals surface area contributed by atoms with Crippen molar-refractivity contribution in [2.24, 2.45) is 0 Å². The van der Waals surface area contributed by atoms with Gasteiger partial charge in [0, 0.05) is 5.54 Å². The zero-order valence-corrected chi connectivity index (χ0v) is 13.3. The lowest BCUT2D eigenvalue weighted by atomic mass is 9.94. The van der Waals surface area contributed by atoms with Gasteiger partial charge in [0.15, 0.2) is 0 Å². The molecule has 2 N–H and O–H groups in total. The smallest absolute Gasteiger partial charge is 0.311 e. The van der Waals surface area contributed by atoms with Crippen LogP contribution in [0.2, 0.25) is 0 Å². The Hall–Kier alpha value is -1.12. The number of hydrogen-bond donors (Lipinski definition) is 2. The van der Waals surface area contributed by atoms with Gasteiger partial charge in [-0.3, -0.25) is 4.55 Å². The number of hydrogen-bond acceptors (Lipinski definition) is 3. The van der Waals surface area contributed by atoms with Gasteiger partial charge in [-0.25, -0.2) is 0 Å². The summed E-state index contributed by atoms with van der Waals surface area (Å²) >= 11 is 0. The Balaban J connectivity index is 2.61. The van der Waals surface area contributed by atoms with Gasteiger partial charge in [-0.2, -0.15) is 21.6 Å². The molecule has 0 heterocycles. The predicted octanol–water partition coefficient (Wildman–Crippen LogP) is 2.89. The van der Waals surface area contributed by atoms with E-state index >= 15 is 0 Å². The topological polar surface area (TPSA) is 66.4 Å². The molecule has 0 fully saturated rings. The second-order valence-corrected chi connectivity index (χ2v) is 7.40. The fraction of sp³-hybridized carbons (Fsp3) is 0.571. The molecule has 22 heavy (non-hydrogen) atoms. The Morgan fingerprint density at radius 1 is 1.23 bits per heavy atom. The summed E-state index contributed by atoms with van der Waals surface area (Å²) in [7, 11) is -3.99. The summed E-state index contributed by atoms with van der Waals surface area (Å²) in [5, 5.41) is 3.08. The van der Waals surface area contributed by atoms with Gasteiger partial charge in [0.25, 0.3) is 10.1 Å². The highest BCUT2D eigenvalue weighted by Gasteiger charge is 2.30. The molecule has 0 radical (unpaired) electrons. The van der Waals surface area contributed by atoms with Crippen molar-refractivity contribution in [2.45, 2.75) is 38.4 Å². The zero-order chi connectivity index (χ0) is 17.0. The first-order chi connectivity index (χ1) is 9.89. The van der Waals surface area contributed by atoms with Gasteiger partial charge in [0.05, 0.1) is 11.3 Å². The van der Waals surface area contributed by atoms with Crippen molar-refractivity contribution in [1.29, 1.82) is 0 Å². The van der Waals surface area contributed by atoms with E-state index in [0.29, 0.717) is 18.5 Å². The third kappa shape index (κ3) is 7.24. The van der Waals surface area contributed by atoms with E-state index in [1.54, 1.807) is 6.07 Å². The molecule has 0 saturated heterocycles. The molecule has 4 nitrogen and oxygen atoms in total. The van der Waals surface area contributed by atoms with Gasteiger partial charge in [0.1, 0.15) is 0 Å². The summed E-state index contributed by atoms with van der Waals surface area (Å²) in [6, 6.07) is 5.13. The molecule has 0 aromatic heterocycles. The molecule has 0 atom stereocenters. The average Bonchev–Trinajstić information content (AvgIpc) is 2.32. The monoisotopic (exact) mass is 339 g/mol. The Bertz CT molecular complexity index is 598. The SMILES string of the molecule is CC(C)(Cc1cccc(C(F)(F)F)c1)NCCCS(=O)(=O)O. The number of alkyl halides is 3. The van der Waals surface area contributed by atoms with Gasteiger partial charge in [-0.1, -0.05) is 18.2 Å². The summed E-state index contributed by atoms with van der Waals surface area (Å²) in [6.07, 6.45) is -3.78. The standard InChI is InChI=1S/C14H20F3NO3S/c1-13(2,18-7-4-8-22(19,20)21)10-11-5-3-6-12(9-11)14(15,16)17/h3,5-6,9,18H,4,7-8,10H2,1-2H3,(H,19,20,21). The van der Waals surface area contributed by atoms with Crippen LogP contribution in [0.15, 0.2) is 24.3 Å². The average molecular weight is 339 g/mol. The molecule has 0 aliphatic rings. The van der Waals surface area contributed by atoms with Crippen LogP contribution >= 0.6 is 0 Å². The van der Waals surface area contributed by atoms with Crippen LogP contribution in [0.5, 0.6) is 0 Å². The maximum Gasteiger partial charge on any atom is 0.416 e. The van der Waals surface area contributed by atoms with Gasteiger partial charge in [-0.05, 0) is 44.9 Å². The van der Waals surface area contributed by atoms with Crippen LogP contribution in [-0.4, -0.2) is 30.8 Å². The third-order valence-corrected chi connectivity index (χ3v) is 3.89. The molecule has 1 aromatic rings. The molecule has 1 aromatic carbocycles. The van der Waals surface area contributed by atoms with Crippen LogP contribution in [0.1, 0.15) is 31.4 Å². The quantitative estimate of drug-likeness (QED) is 0.592. The normalized spacial score (nSPS) is 13.4. The van der Waals surface area contributed by atoms with E-state index in [-0.39, 0.29) is 12.2 Å². The van der Waals surface area contributed by atoms with E-state index < -0.39 is 27.4 Å². The van der Waals surface area contributed by atoms with Gasteiger partial charge < -0.3 is 5.32 Å². The highest BCUT2D eigenvalue weighted by atomic mass is 32.2. The van der Waals surface area contributed by atoms with Crippen LogP contribution in [0.4, 0.5) is 13.2 Å². The second kappa shape index (κ2) is 6.97. The molecule has 0 amide bonds. The molecular weight excluding hydrogens is 319 g/mol. The molecule has 0 bridgehead atoms. The first kappa shape index (κ1) is 18.9. The summed E-state index contributed by atoms with van der Waals surface area (Å²) in [6.45, 7) is 3.98. The largest absolute Gasteiger partial charge is 0.416 e. The van der Waals surface area contributed by atoms with Crippen LogP contribution in [0.25, 0.3) is 0 Å². The predicted molar refractivity (Wildman–Crippen MR) is 78.3 cm³/mol. The molecule has 126 valence electrons. The molecule has 0 saturated carbocycles. The summed E-state index contributed by atoms with van der Waals surface area (Å²) in [5.74, 6) is -0.348. The number of halogens is 3. The van der Waals surface area contributed by atoms with E-state index in [9.17, 15) is 21.6 Å². The molecule has 0 unspecified atom stereocenters. The minimum absolute atomic E-state index is 0.227. The van der Waals surface area contributed by atoms with Crippen LogP contribution in [0.3, 0.4) is 0 Å². The van der Waals surface area contributed by atoms with Gasteiger partial charge in [-0.15, -0.1) is 0 Å². The first-order valence-corrected chi connectivity index (χ1v) is 8.36. The summed E-state index contributed by atoms with van der Waals surface area (Å²) in [5.41, 5.74) is -0.641. The Morgan fingerprint density at radius 2 is 1.86 bits per heavy atom. The van der Waals surface area contributed by atoms with Gasteiger partial charge >= 0.3 is 6.18 Å². The minimum atomic E-state index is -4.37. The first-order valence-electron chi connectivity index (χ1n) is 6.75. The Kier molecular flexibility index (Phi) is 6.00. The highest BCUT2D eigenvalue weighted by Crippen LogP contribution is 2.30. The van der Waals surface area contributed by atoms with E-state index in [4.69, 9.17) is 4.55 Å². The maximum absolute atomic E-state index is 12.7.